The van der Waals surface area contributed by atoms with Crippen LogP contribution in [0.25, 0.3) is 0 Å². The van der Waals surface area contributed by atoms with Crippen LogP contribution in [0.5, 0.6) is 0 Å². The fourth-order valence-corrected chi connectivity index (χ4v) is 3.86. The average Bonchev–Trinajstić information content (AvgIpc) is 3.10. The van der Waals surface area contributed by atoms with E-state index in [2.05, 4.69) is 0 Å². The lowest BCUT2D eigenvalue weighted by Crippen LogP contribution is -2.64. The van der Waals surface area contributed by atoms with Gasteiger partial charge in [-0.2, -0.15) is 0 Å². The zero-order chi connectivity index (χ0) is 18.7. The van der Waals surface area contributed by atoms with Crippen molar-refractivity contribution in [3.05, 3.63) is 40.7 Å². The molecule has 0 radical (unpaired) electrons. The number of imide groups is 1. The Morgan fingerprint density at radius 3 is 2.62 bits per heavy atom. The van der Waals surface area contributed by atoms with E-state index in [9.17, 15) is 9.59 Å². The molecule has 0 N–H and O–H groups in total. The Bertz CT molecular complexity index is 880. The van der Waals surface area contributed by atoms with E-state index in [1.807, 2.05) is 48.0 Å². The third kappa shape index (κ3) is 2.16. The number of carbonyl (C=O) groups is 2. The lowest BCUT2D eigenvalue weighted by Gasteiger charge is -2.39. The van der Waals surface area contributed by atoms with Gasteiger partial charge in [0.25, 0.3) is 5.91 Å². The van der Waals surface area contributed by atoms with Gasteiger partial charge in [-0.05, 0) is 38.5 Å². The van der Waals surface area contributed by atoms with E-state index >= 15 is 0 Å². The Hall–Kier alpha value is -2.54. The highest BCUT2D eigenvalue weighted by Gasteiger charge is 2.54. The number of carbonyl (C=O) groups excluding carboxylic acids is 2. The van der Waals surface area contributed by atoms with Gasteiger partial charge in [0.05, 0.1) is 5.69 Å². The summed E-state index contributed by atoms with van der Waals surface area (Å²) in [5.74, 6) is 0.426. The molecule has 1 aromatic rings. The first kappa shape index (κ1) is 16.9. The average molecular weight is 374 g/mol. The molecule has 1 fully saturated rings. The van der Waals surface area contributed by atoms with Gasteiger partial charge in [0.2, 0.25) is 5.96 Å². The Balaban J connectivity index is 1.76. The van der Waals surface area contributed by atoms with Crippen LogP contribution in [0.4, 0.5) is 10.5 Å². The van der Waals surface area contributed by atoms with Gasteiger partial charge in [0.1, 0.15) is 0 Å². The van der Waals surface area contributed by atoms with E-state index in [-0.39, 0.29) is 11.9 Å². The number of hydrogen-bond acceptors (Lipinski definition) is 5. The Labute approximate surface area is 157 Å². The van der Waals surface area contributed by atoms with Crippen molar-refractivity contribution in [2.45, 2.75) is 33.0 Å². The van der Waals surface area contributed by atoms with Crippen molar-refractivity contribution in [1.82, 2.24) is 14.7 Å². The number of rotatable bonds is 2. The minimum absolute atomic E-state index is 0.216. The van der Waals surface area contributed by atoms with Gasteiger partial charge in [0, 0.05) is 30.5 Å². The van der Waals surface area contributed by atoms with Crippen molar-refractivity contribution in [3.8, 4) is 0 Å². The number of nitrogens with zero attached hydrogens (tertiary/aromatic N) is 5. The van der Waals surface area contributed by atoms with Crippen molar-refractivity contribution in [2.75, 3.05) is 18.5 Å². The van der Waals surface area contributed by atoms with Crippen LogP contribution in [0, 0.1) is 6.92 Å². The van der Waals surface area contributed by atoms with Gasteiger partial charge in [-0.25, -0.2) is 9.79 Å². The van der Waals surface area contributed by atoms with Crippen molar-refractivity contribution >= 4 is 35.2 Å². The highest BCUT2D eigenvalue weighted by Crippen LogP contribution is 2.37. The van der Waals surface area contributed by atoms with Crippen molar-refractivity contribution in [3.63, 3.8) is 0 Å². The zero-order valence-electron chi connectivity index (χ0n) is 15.1. The first-order chi connectivity index (χ1) is 12.3. The number of aryl methyl sites for hydroxylation is 1. The first-order valence-electron chi connectivity index (χ1n) is 8.54. The molecule has 136 valence electrons. The summed E-state index contributed by atoms with van der Waals surface area (Å²) >= 11 is 6.29. The van der Waals surface area contributed by atoms with Crippen LogP contribution < -0.4 is 4.90 Å². The predicted molar refractivity (Wildman–Crippen MR) is 99.8 cm³/mol. The van der Waals surface area contributed by atoms with E-state index in [1.165, 1.54) is 9.80 Å². The molecule has 3 aliphatic rings. The minimum atomic E-state index is -0.534. The molecule has 2 atom stereocenters. The van der Waals surface area contributed by atoms with Crippen LogP contribution in [0.2, 0.25) is 5.02 Å². The minimum Gasteiger partial charge on any atom is -0.302 e. The molecule has 0 spiro atoms. The molecule has 8 heteroatoms. The number of urea groups is 1. The lowest BCUT2D eigenvalue weighted by atomic mass is 10.1. The second-order valence-corrected chi connectivity index (χ2v) is 7.12. The smallest absolute Gasteiger partial charge is 0.302 e. The topological polar surface area (TPSA) is 59.5 Å². The summed E-state index contributed by atoms with van der Waals surface area (Å²) < 4.78 is 0. The quantitative estimate of drug-likeness (QED) is 0.799. The number of likely N-dealkylation sites (N-methyl/N-ethyl adjacent to an activating group) is 2. The first-order valence-corrected chi connectivity index (χ1v) is 8.92. The van der Waals surface area contributed by atoms with Gasteiger partial charge in [-0.15, -0.1) is 0 Å². The number of benzene rings is 1. The molecule has 1 aromatic carbocycles. The maximum absolute atomic E-state index is 12.9. The largest absolute Gasteiger partial charge is 0.328 e. The van der Waals surface area contributed by atoms with Gasteiger partial charge >= 0.3 is 6.03 Å². The fraction of sp³-hybridized carbons (Fsp3) is 0.389. The number of anilines is 1. The van der Waals surface area contributed by atoms with Gasteiger partial charge in [-0.1, -0.05) is 17.7 Å². The Kier molecular flexibility index (Phi) is 3.73. The highest BCUT2D eigenvalue weighted by molar-refractivity contribution is 6.31. The third-order valence-corrected chi connectivity index (χ3v) is 5.52. The van der Waals surface area contributed by atoms with Crippen LogP contribution in [-0.2, 0) is 4.79 Å². The van der Waals surface area contributed by atoms with Crippen molar-refractivity contribution < 1.29 is 9.59 Å². The molecular formula is C18H20ClN5O2. The summed E-state index contributed by atoms with van der Waals surface area (Å²) in [5, 5.41) is 0.672. The molecule has 0 bridgehead atoms. The van der Waals surface area contributed by atoms with Crippen LogP contribution >= 0.6 is 11.6 Å². The number of aliphatic imine (C=N–C) groups is 1. The predicted octanol–water partition coefficient (Wildman–Crippen LogP) is 2.61. The second-order valence-electron chi connectivity index (χ2n) is 6.71. The molecule has 0 aromatic heterocycles. The van der Waals surface area contributed by atoms with Crippen molar-refractivity contribution in [1.29, 1.82) is 0 Å². The number of halogens is 1. The van der Waals surface area contributed by atoms with Crippen LogP contribution in [0.1, 0.15) is 19.4 Å². The normalized spacial score (nSPS) is 24.8. The summed E-state index contributed by atoms with van der Waals surface area (Å²) in [6.45, 7) is 6.05. The van der Waals surface area contributed by atoms with E-state index in [4.69, 9.17) is 16.6 Å². The van der Waals surface area contributed by atoms with Crippen LogP contribution in [0.3, 0.4) is 0 Å². The molecule has 0 saturated carbocycles. The van der Waals surface area contributed by atoms with Crippen molar-refractivity contribution in [2.24, 2.45) is 4.99 Å². The fourth-order valence-electron chi connectivity index (χ4n) is 3.69. The van der Waals surface area contributed by atoms with E-state index in [1.54, 1.807) is 14.0 Å². The molecular weight excluding hydrogens is 354 g/mol. The molecule has 2 unspecified atom stereocenters. The zero-order valence-corrected chi connectivity index (χ0v) is 15.9. The number of amides is 3. The van der Waals surface area contributed by atoms with Gasteiger partial charge in [0.15, 0.2) is 12.2 Å². The summed E-state index contributed by atoms with van der Waals surface area (Å²) in [6.07, 6.45) is 1.38. The SMILES string of the molecule is CCN1C(=O)C2C(N=C3N(c4ccc(C)c(Cl)c4)C(C)=CN32)N(C)C1=O. The number of guanidine groups is 1. The van der Waals surface area contributed by atoms with E-state index in [0.717, 1.165) is 16.9 Å². The lowest BCUT2D eigenvalue weighted by molar-refractivity contribution is -0.136. The van der Waals surface area contributed by atoms with Crippen LogP contribution in [0.15, 0.2) is 35.1 Å². The molecule has 7 nitrogen and oxygen atoms in total. The van der Waals surface area contributed by atoms with Gasteiger partial charge < -0.3 is 9.80 Å². The standard InChI is InChI=1S/C18H20ClN5O2/c1-5-22-16(25)14-15(21(4)18(22)26)20-17-23(14)9-11(3)24(17)12-7-6-10(2)13(19)8-12/h6-9,14-15H,5H2,1-4H3. The summed E-state index contributed by atoms with van der Waals surface area (Å²) in [4.78, 5) is 36.6. The Morgan fingerprint density at radius 1 is 1.23 bits per heavy atom. The molecule has 1 saturated heterocycles. The molecule has 3 heterocycles. The van der Waals surface area contributed by atoms with E-state index in [0.29, 0.717) is 17.5 Å². The maximum atomic E-state index is 12.9. The third-order valence-electron chi connectivity index (χ3n) is 5.12. The number of hydrogen-bond donors (Lipinski definition) is 0. The molecule has 0 aliphatic carbocycles. The summed E-state index contributed by atoms with van der Waals surface area (Å²) in [7, 11) is 1.69. The van der Waals surface area contributed by atoms with Crippen LogP contribution in [-0.4, -0.2) is 58.4 Å². The van der Waals surface area contributed by atoms with E-state index < -0.39 is 12.2 Å². The number of allylic oxidation sites excluding steroid dienone is 1. The summed E-state index contributed by atoms with van der Waals surface area (Å²) in [6, 6.07) is 4.97. The maximum Gasteiger partial charge on any atom is 0.328 e. The molecule has 3 amide bonds. The second kappa shape index (κ2) is 5.74. The molecule has 4 rings (SSSR count). The molecule has 3 aliphatic heterocycles. The monoisotopic (exact) mass is 373 g/mol. The number of fused-ring (bicyclic) bond motifs is 3. The molecule has 26 heavy (non-hydrogen) atoms. The Morgan fingerprint density at radius 2 is 1.96 bits per heavy atom. The highest BCUT2D eigenvalue weighted by atomic mass is 35.5. The summed E-state index contributed by atoms with van der Waals surface area (Å²) in [5.41, 5.74) is 2.81. The van der Waals surface area contributed by atoms with Gasteiger partial charge in [-0.3, -0.25) is 14.6 Å².